The number of carbonyl (C=O) groups excluding carboxylic acids is 1. The summed E-state index contributed by atoms with van der Waals surface area (Å²) in [6, 6.07) is 0. The summed E-state index contributed by atoms with van der Waals surface area (Å²) in [5.74, 6) is 2.85. The maximum Gasteiger partial charge on any atom is 0.232 e. The van der Waals surface area contributed by atoms with Crippen molar-refractivity contribution in [2.75, 3.05) is 18.6 Å². The number of aryl methyl sites for hydroxylation is 2. The van der Waals surface area contributed by atoms with Gasteiger partial charge in [-0.1, -0.05) is 0 Å². The van der Waals surface area contributed by atoms with Gasteiger partial charge in [-0.25, -0.2) is 0 Å². The zero-order chi connectivity index (χ0) is 13.8. The van der Waals surface area contributed by atoms with E-state index in [4.69, 9.17) is 0 Å². The molecule has 1 aliphatic carbocycles. The van der Waals surface area contributed by atoms with Gasteiger partial charge in [-0.05, 0) is 38.4 Å². The highest BCUT2D eigenvalue weighted by Crippen LogP contribution is 2.32. The van der Waals surface area contributed by atoms with E-state index in [0.717, 1.165) is 29.5 Å². The smallest absolute Gasteiger partial charge is 0.232 e. The van der Waals surface area contributed by atoms with Crippen LogP contribution in [0.15, 0.2) is 6.20 Å². The van der Waals surface area contributed by atoms with Crippen molar-refractivity contribution in [1.82, 2.24) is 14.7 Å². The molecular weight excluding hydrogens is 258 g/mol. The second-order valence-corrected chi connectivity index (χ2v) is 6.33. The highest BCUT2D eigenvalue weighted by molar-refractivity contribution is 7.99. The van der Waals surface area contributed by atoms with Crippen molar-refractivity contribution in [3.8, 4) is 0 Å². The summed E-state index contributed by atoms with van der Waals surface area (Å²) in [6.45, 7) is 5.60. The molecule has 106 valence electrons. The van der Waals surface area contributed by atoms with Crippen molar-refractivity contribution >= 4 is 17.7 Å². The molecule has 0 atom stereocenters. The van der Waals surface area contributed by atoms with Crippen molar-refractivity contribution in [1.29, 1.82) is 0 Å². The molecule has 1 aromatic rings. The van der Waals surface area contributed by atoms with Crippen LogP contribution >= 0.6 is 11.8 Å². The van der Waals surface area contributed by atoms with Crippen LogP contribution in [0.3, 0.4) is 0 Å². The average Bonchev–Trinajstić information content (AvgIpc) is 3.14. The molecular formula is C14H23N3OS. The zero-order valence-corrected chi connectivity index (χ0v) is 12.9. The van der Waals surface area contributed by atoms with Crippen molar-refractivity contribution in [3.05, 3.63) is 17.5 Å². The SMILES string of the molecule is CCn1cc(CN(C)C(=O)CSCC2CC2)c(C)n1. The minimum absolute atomic E-state index is 0.217. The lowest BCUT2D eigenvalue weighted by molar-refractivity contribution is -0.127. The quantitative estimate of drug-likeness (QED) is 0.770. The summed E-state index contributed by atoms with van der Waals surface area (Å²) >= 11 is 1.77. The molecule has 1 aliphatic rings. The molecule has 0 bridgehead atoms. The summed E-state index contributed by atoms with van der Waals surface area (Å²) in [5.41, 5.74) is 2.16. The lowest BCUT2D eigenvalue weighted by Gasteiger charge is -2.16. The first-order valence-corrected chi connectivity index (χ1v) is 8.10. The van der Waals surface area contributed by atoms with Gasteiger partial charge in [-0.2, -0.15) is 16.9 Å². The minimum atomic E-state index is 0.217. The van der Waals surface area contributed by atoms with E-state index in [0.29, 0.717) is 12.3 Å². The number of hydrogen-bond donors (Lipinski definition) is 0. The van der Waals surface area contributed by atoms with Gasteiger partial charge < -0.3 is 4.90 Å². The molecule has 0 aromatic carbocycles. The normalized spacial score (nSPS) is 14.7. The summed E-state index contributed by atoms with van der Waals surface area (Å²) in [4.78, 5) is 13.8. The standard InChI is InChI=1S/C14H23N3OS/c1-4-17-8-13(11(2)15-17)7-16(3)14(18)10-19-9-12-5-6-12/h8,12H,4-7,9-10H2,1-3H3. The van der Waals surface area contributed by atoms with E-state index in [1.165, 1.54) is 12.8 Å². The Balaban J connectivity index is 1.79. The predicted octanol–water partition coefficient (Wildman–Crippen LogP) is 2.31. The summed E-state index contributed by atoms with van der Waals surface area (Å²) < 4.78 is 1.92. The average molecular weight is 281 g/mol. The molecule has 0 radical (unpaired) electrons. The van der Waals surface area contributed by atoms with Gasteiger partial charge in [0.05, 0.1) is 11.4 Å². The highest BCUT2D eigenvalue weighted by Gasteiger charge is 2.21. The van der Waals surface area contributed by atoms with Gasteiger partial charge in [0.25, 0.3) is 0 Å². The summed E-state index contributed by atoms with van der Waals surface area (Å²) in [7, 11) is 1.88. The van der Waals surface area contributed by atoms with Crippen LogP contribution in [0.4, 0.5) is 0 Å². The van der Waals surface area contributed by atoms with Crippen LogP contribution in [0, 0.1) is 12.8 Å². The first-order valence-electron chi connectivity index (χ1n) is 6.94. The Morgan fingerprint density at radius 2 is 2.32 bits per heavy atom. The Bertz CT molecular complexity index is 440. The number of nitrogens with zero attached hydrogens (tertiary/aromatic N) is 3. The first-order chi connectivity index (χ1) is 9.10. The fraction of sp³-hybridized carbons (Fsp3) is 0.714. The van der Waals surface area contributed by atoms with E-state index < -0.39 is 0 Å². The number of thioether (sulfide) groups is 1. The fourth-order valence-electron chi connectivity index (χ4n) is 1.93. The molecule has 1 fully saturated rings. The van der Waals surface area contributed by atoms with Gasteiger partial charge in [0.15, 0.2) is 0 Å². The van der Waals surface area contributed by atoms with Gasteiger partial charge in [-0.15, -0.1) is 0 Å². The van der Waals surface area contributed by atoms with Gasteiger partial charge in [0.2, 0.25) is 5.91 Å². The molecule has 0 saturated heterocycles. The van der Waals surface area contributed by atoms with Crippen LogP contribution in [0.5, 0.6) is 0 Å². The number of aromatic nitrogens is 2. The van der Waals surface area contributed by atoms with E-state index in [2.05, 4.69) is 12.0 Å². The van der Waals surface area contributed by atoms with Gasteiger partial charge in [0.1, 0.15) is 0 Å². The Hall–Kier alpha value is -0.970. The maximum absolute atomic E-state index is 12.0. The lowest BCUT2D eigenvalue weighted by Crippen LogP contribution is -2.28. The molecule has 1 saturated carbocycles. The maximum atomic E-state index is 12.0. The van der Waals surface area contributed by atoms with E-state index in [1.807, 2.05) is 29.7 Å². The van der Waals surface area contributed by atoms with Crippen molar-refractivity contribution in [2.45, 2.75) is 39.8 Å². The largest absolute Gasteiger partial charge is 0.341 e. The number of carbonyl (C=O) groups is 1. The first kappa shape index (κ1) is 14.4. The molecule has 0 N–H and O–H groups in total. The molecule has 5 heteroatoms. The number of hydrogen-bond acceptors (Lipinski definition) is 3. The molecule has 1 aromatic heterocycles. The van der Waals surface area contributed by atoms with Crippen molar-refractivity contribution in [2.24, 2.45) is 5.92 Å². The van der Waals surface area contributed by atoms with Crippen LogP contribution < -0.4 is 0 Å². The van der Waals surface area contributed by atoms with Crippen LogP contribution in [-0.2, 0) is 17.9 Å². The monoisotopic (exact) mass is 281 g/mol. The van der Waals surface area contributed by atoms with Gasteiger partial charge in [-0.3, -0.25) is 9.48 Å². The topological polar surface area (TPSA) is 38.1 Å². The van der Waals surface area contributed by atoms with Crippen molar-refractivity contribution < 1.29 is 4.79 Å². The van der Waals surface area contributed by atoms with Gasteiger partial charge in [0, 0.05) is 31.9 Å². The lowest BCUT2D eigenvalue weighted by atomic mass is 10.2. The minimum Gasteiger partial charge on any atom is -0.341 e. The Labute approximate surface area is 119 Å². The molecule has 19 heavy (non-hydrogen) atoms. The molecule has 0 unspecified atom stereocenters. The van der Waals surface area contributed by atoms with Gasteiger partial charge >= 0.3 is 0 Å². The molecule has 0 aliphatic heterocycles. The van der Waals surface area contributed by atoms with Crippen LogP contribution in [0.25, 0.3) is 0 Å². The summed E-state index contributed by atoms with van der Waals surface area (Å²) in [5, 5.41) is 4.41. The number of rotatable bonds is 7. The molecule has 1 amide bonds. The van der Waals surface area contributed by atoms with E-state index in [1.54, 1.807) is 11.8 Å². The third kappa shape index (κ3) is 4.27. The Morgan fingerprint density at radius 3 is 2.89 bits per heavy atom. The second kappa shape index (κ2) is 6.46. The van der Waals surface area contributed by atoms with E-state index in [9.17, 15) is 4.79 Å². The Morgan fingerprint density at radius 1 is 1.58 bits per heavy atom. The third-order valence-corrected chi connectivity index (χ3v) is 4.64. The van der Waals surface area contributed by atoms with Crippen LogP contribution in [0.2, 0.25) is 0 Å². The molecule has 4 nitrogen and oxygen atoms in total. The van der Waals surface area contributed by atoms with Crippen molar-refractivity contribution in [3.63, 3.8) is 0 Å². The Kier molecular flexibility index (Phi) is 4.91. The fourth-order valence-corrected chi connectivity index (χ4v) is 3.11. The van der Waals surface area contributed by atoms with E-state index >= 15 is 0 Å². The van der Waals surface area contributed by atoms with E-state index in [-0.39, 0.29) is 5.91 Å². The van der Waals surface area contributed by atoms with Crippen LogP contribution in [-0.4, -0.2) is 39.1 Å². The van der Waals surface area contributed by atoms with Crippen LogP contribution in [0.1, 0.15) is 31.0 Å². The molecule has 1 heterocycles. The number of amides is 1. The third-order valence-electron chi connectivity index (χ3n) is 3.48. The summed E-state index contributed by atoms with van der Waals surface area (Å²) in [6.07, 6.45) is 4.75. The zero-order valence-electron chi connectivity index (χ0n) is 12.1. The molecule has 2 rings (SSSR count). The molecule has 0 spiro atoms. The predicted molar refractivity (Wildman–Crippen MR) is 79.2 cm³/mol. The second-order valence-electron chi connectivity index (χ2n) is 5.30. The highest BCUT2D eigenvalue weighted by atomic mass is 32.2.